The minimum absolute atomic E-state index is 0.0443. The van der Waals surface area contributed by atoms with E-state index in [1.54, 1.807) is 23.6 Å². The van der Waals surface area contributed by atoms with E-state index >= 15 is 0 Å². The first-order valence-corrected chi connectivity index (χ1v) is 13.1. The van der Waals surface area contributed by atoms with Gasteiger partial charge in [0.15, 0.2) is 0 Å². The lowest BCUT2D eigenvalue weighted by Crippen LogP contribution is -2.38. The number of pyridine rings is 2. The Morgan fingerprint density at radius 2 is 1.92 bits per heavy atom. The third-order valence-corrected chi connectivity index (χ3v) is 6.90. The zero-order valence-electron chi connectivity index (χ0n) is 21.5. The molecular formula is C30H29ClFN7. The molecule has 0 saturated heterocycles. The Hall–Kier alpha value is -4.32. The van der Waals surface area contributed by atoms with Crippen LogP contribution in [0.25, 0.3) is 10.9 Å². The second kappa shape index (κ2) is 12.0. The first kappa shape index (κ1) is 26.3. The van der Waals surface area contributed by atoms with Crippen molar-refractivity contribution < 1.29 is 4.39 Å². The van der Waals surface area contributed by atoms with Crippen molar-refractivity contribution in [1.29, 1.82) is 0 Å². The van der Waals surface area contributed by atoms with Crippen molar-refractivity contribution in [3.63, 3.8) is 0 Å². The van der Waals surface area contributed by atoms with Crippen LogP contribution in [-0.2, 0) is 0 Å². The summed E-state index contributed by atoms with van der Waals surface area (Å²) in [5, 5.41) is 10.2. The quantitative estimate of drug-likeness (QED) is 0.180. The van der Waals surface area contributed by atoms with Crippen molar-refractivity contribution in [1.82, 2.24) is 25.9 Å². The normalized spacial score (nSPS) is 14.3. The fourth-order valence-electron chi connectivity index (χ4n) is 4.67. The Morgan fingerprint density at radius 1 is 1.10 bits per heavy atom. The molecule has 0 fully saturated rings. The molecule has 4 aromatic rings. The highest BCUT2D eigenvalue weighted by Crippen LogP contribution is 2.37. The van der Waals surface area contributed by atoms with Crippen molar-refractivity contribution in [2.45, 2.75) is 25.4 Å². The van der Waals surface area contributed by atoms with E-state index in [-0.39, 0.29) is 18.6 Å². The van der Waals surface area contributed by atoms with Crippen molar-refractivity contribution >= 4 is 33.9 Å². The first-order chi connectivity index (χ1) is 19.1. The summed E-state index contributed by atoms with van der Waals surface area (Å²) in [6.07, 6.45) is 13.8. The van der Waals surface area contributed by atoms with Gasteiger partial charge in [-0.2, -0.15) is 0 Å². The largest absolute Gasteiger partial charge is 0.377 e. The summed E-state index contributed by atoms with van der Waals surface area (Å²) in [5.41, 5.74) is 11.9. The van der Waals surface area contributed by atoms with E-state index in [1.165, 1.54) is 0 Å². The zero-order chi connectivity index (χ0) is 27.2. The second-order valence-electron chi connectivity index (χ2n) is 9.13. The molecule has 198 valence electrons. The number of rotatable bonds is 10. The van der Waals surface area contributed by atoms with Crippen LogP contribution in [0.3, 0.4) is 0 Å². The van der Waals surface area contributed by atoms with Gasteiger partial charge in [-0.1, -0.05) is 60.8 Å². The molecule has 0 unspecified atom stereocenters. The van der Waals surface area contributed by atoms with Crippen molar-refractivity contribution in [3.05, 3.63) is 107 Å². The van der Waals surface area contributed by atoms with Gasteiger partial charge in [-0.3, -0.25) is 15.0 Å². The molecule has 5 rings (SSSR count). The lowest BCUT2D eigenvalue weighted by atomic mass is 10.0. The molecule has 2 aromatic heterocycles. The summed E-state index contributed by atoms with van der Waals surface area (Å²) in [6, 6.07) is 17.7. The highest BCUT2D eigenvalue weighted by atomic mass is 35.5. The lowest BCUT2D eigenvalue weighted by molar-refractivity contribution is 0.246. The van der Waals surface area contributed by atoms with Crippen LogP contribution >= 0.6 is 11.6 Å². The number of hydrazine groups is 2. The minimum Gasteiger partial charge on any atom is -0.377 e. The standard InChI is InChI=1S/C30H29ClFN7/c1-3-20-18-34-30-24(28(20)36-26(4-2)21-9-6-5-7-10-21)15-23(16-25(30)31)35-29(22-11-8-13-33-17-22)27-19-39(14-12-32)38-37-27/h1,5-11,13,15-19,26,29,35,37-38H,4,12,14H2,2H3,(H,34,36)/t26-,29-/m0/s1. The molecule has 0 radical (unpaired) electrons. The zero-order valence-corrected chi connectivity index (χ0v) is 22.2. The molecule has 39 heavy (non-hydrogen) atoms. The number of aromatic nitrogens is 2. The summed E-state index contributed by atoms with van der Waals surface area (Å²) >= 11 is 6.78. The third-order valence-electron chi connectivity index (χ3n) is 6.61. The number of halogens is 2. The molecule has 0 aliphatic carbocycles. The van der Waals surface area contributed by atoms with Crippen LogP contribution in [0.2, 0.25) is 5.02 Å². The first-order valence-electron chi connectivity index (χ1n) is 12.7. The Kier molecular flexibility index (Phi) is 8.11. The number of anilines is 2. The summed E-state index contributed by atoms with van der Waals surface area (Å²) in [5.74, 6) is 2.78. The summed E-state index contributed by atoms with van der Waals surface area (Å²) in [4.78, 5) is 8.87. The molecule has 2 aromatic carbocycles. The van der Waals surface area contributed by atoms with Gasteiger partial charge in [-0.25, -0.2) is 4.39 Å². The molecule has 0 spiro atoms. The van der Waals surface area contributed by atoms with Crippen LogP contribution in [0.4, 0.5) is 15.8 Å². The Balaban J connectivity index is 1.56. The molecular weight excluding hydrogens is 513 g/mol. The molecule has 0 saturated carbocycles. The van der Waals surface area contributed by atoms with E-state index in [2.05, 4.69) is 56.5 Å². The molecule has 3 heterocycles. The minimum atomic E-state index is -0.480. The van der Waals surface area contributed by atoms with E-state index in [4.69, 9.17) is 18.0 Å². The Morgan fingerprint density at radius 3 is 2.64 bits per heavy atom. The highest BCUT2D eigenvalue weighted by Gasteiger charge is 2.23. The third kappa shape index (κ3) is 5.75. The summed E-state index contributed by atoms with van der Waals surface area (Å²) in [6.45, 7) is 1.87. The highest BCUT2D eigenvalue weighted by molar-refractivity contribution is 6.35. The summed E-state index contributed by atoms with van der Waals surface area (Å²) < 4.78 is 13.0. The number of hydrogen-bond donors (Lipinski definition) is 4. The topological polar surface area (TPSA) is 77.1 Å². The van der Waals surface area contributed by atoms with Crippen LogP contribution in [-0.4, -0.2) is 28.2 Å². The van der Waals surface area contributed by atoms with Gasteiger partial charge in [-0.15, -0.1) is 12.0 Å². The summed E-state index contributed by atoms with van der Waals surface area (Å²) in [7, 11) is 0. The van der Waals surface area contributed by atoms with Crippen LogP contribution in [0.1, 0.15) is 42.1 Å². The number of terminal acetylenes is 1. The smallest absolute Gasteiger partial charge is 0.109 e. The van der Waals surface area contributed by atoms with E-state index in [1.807, 2.05) is 48.7 Å². The Labute approximate surface area is 232 Å². The average molecular weight is 542 g/mol. The molecule has 4 N–H and O–H groups in total. The van der Waals surface area contributed by atoms with E-state index in [0.29, 0.717) is 16.1 Å². The maximum Gasteiger partial charge on any atom is 0.109 e. The molecule has 7 nitrogen and oxygen atoms in total. The lowest BCUT2D eigenvalue weighted by Gasteiger charge is -2.23. The van der Waals surface area contributed by atoms with Crippen molar-refractivity contribution in [2.75, 3.05) is 23.9 Å². The maximum absolute atomic E-state index is 13.0. The number of hydrogen-bond acceptors (Lipinski definition) is 7. The fourth-order valence-corrected chi connectivity index (χ4v) is 4.94. The van der Waals surface area contributed by atoms with Gasteiger partial charge < -0.3 is 16.1 Å². The van der Waals surface area contributed by atoms with Gasteiger partial charge in [0.1, 0.15) is 6.67 Å². The van der Waals surface area contributed by atoms with Crippen LogP contribution in [0.15, 0.2) is 85.1 Å². The molecule has 1 aliphatic heterocycles. The number of alkyl halides is 1. The fraction of sp³-hybridized carbons (Fsp3) is 0.200. The van der Waals surface area contributed by atoms with Gasteiger partial charge in [0, 0.05) is 35.9 Å². The van der Waals surface area contributed by atoms with Gasteiger partial charge in [0.25, 0.3) is 0 Å². The average Bonchev–Trinajstić information content (AvgIpc) is 3.44. The molecule has 9 heteroatoms. The number of fused-ring (bicyclic) bond motifs is 1. The van der Waals surface area contributed by atoms with E-state index in [0.717, 1.165) is 40.0 Å². The van der Waals surface area contributed by atoms with E-state index in [9.17, 15) is 4.39 Å². The Bertz CT molecular complexity index is 1510. The van der Waals surface area contributed by atoms with Crippen LogP contribution in [0, 0.1) is 12.3 Å². The molecule has 1 aliphatic rings. The number of nitrogens with one attached hydrogen (secondary N) is 4. The maximum atomic E-state index is 13.0. The molecule has 0 bridgehead atoms. The van der Waals surface area contributed by atoms with Crippen molar-refractivity contribution in [2.24, 2.45) is 0 Å². The van der Waals surface area contributed by atoms with Gasteiger partial charge in [0.05, 0.1) is 46.1 Å². The number of nitrogens with zero attached hydrogens (tertiary/aromatic N) is 3. The SMILES string of the molecule is C#Cc1cnc2c(Cl)cc(N[C@H](C3=CN(CCF)NN3)c3cccnc3)cc2c1N[C@@H](CC)c1ccccc1. The van der Waals surface area contributed by atoms with Crippen molar-refractivity contribution in [3.8, 4) is 12.3 Å². The van der Waals surface area contributed by atoms with Crippen LogP contribution < -0.4 is 21.6 Å². The molecule has 0 amide bonds. The predicted molar refractivity (Wildman–Crippen MR) is 155 cm³/mol. The van der Waals surface area contributed by atoms with Crippen LogP contribution in [0.5, 0.6) is 0 Å². The molecule has 2 atom stereocenters. The van der Waals surface area contributed by atoms with Gasteiger partial charge in [-0.05, 0) is 35.7 Å². The monoisotopic (exact) mass is 541 g/mol. The second-order valence-corrected chi connectivity index (χ2v) is 9.54. The van der Waals surface area contributed by atoms with Gasteiger partial charge >= 0.3 is 0 Å². The number of benzene rings is 2. The van der Waals surface area contributed by atoms with Gasteiger partial charge in [0.2, 0.25) is 0 Å². The predicted octanol–water partition coefficient (Wildman–Crippen LogP) is 6.12. The van der Waals surface area contributed by atoms with E-state index < -0.39 is 6.67 Å².